The first-order valence-electron chi connectivity index (χ1n) is 8.95. The molecule has 0 aromatic heterocycles. The van der Waals surface area contributed by atoms with Crippen molar-refractivity contribution in [3.8, 4) is 0 Å². The summed E-state index contributed by atoms with van der Waals surface area (Å²) in [5, 5.41) is 3.04. The van der Waals surface area contributed by atoms with E-state index in [1.165, 1.54) is 5.56 Å². The summed E-state index contributed by atoms with van der Waals surface area (Å²) in [6.45, 7) is 8.69. The summed E-state index contributed by atoms with van der Waals surface area (Å²) in [5.74, 6) is -0.142. The Morgan fingerprint density at radius 3 is 2.04 bits per heavy atom. The van der Waals surface area contributed by atoms with Crippen LogP contribution >= 0.6 is 24.8 Å². The van der Waals surface area contributed by atoms with Gasteiger partial charge in [0.15, 0.2) is 0 Å². The highest BCUT2D eigenvalue weighted by atomic mass is 35.5. The van der Waals surface area contributed by atoms with Gasteiger partial charge in [0.25, 0.3) is 0 Å². The van der Waals surface area contributed by atoms with Crippen molar-refractivity contribution in [1.29, 1.82) is 0 Å². The summed E-state index contributed by atoms with van der Waals surface area (Å²) >= 11 is 0. The van der Waals surface area contributed by atoms with Crippen LogP contribution in [0.5, 0.6) is 0 Å². The van der Waals surface area contributed by atoms with Crippen molar-refractivity contribution in [2.75, 3.05) is 19.6 Å². The topological polar surface area (TPSA) is 58.4 Å². The number of amides is 1. The van der Waals surface area contributed by atoms with Crippen LogP contribution in [0.15, 0.2) is 54.6 Å². The Balaban J connectivity index is 0.00000338. The van der Waals surface area contributed by atoms with Gasteiger partial charge in [0.2, 0.25) is 5.91 Å². The Kier molecular flexibility index (Phi) is 12.0. The van der Waals surface area contributed by atoms with E-state index in [1.54, 1.807) is 0 Å². The highest BCUT2D eigenvalue weighted by Gasteiger charge is 2.21. The van der Waals surface area contributed by atoms with Crippen LogP contribution in [-0.2, 0) is 4.79 Å². The molecular formula is C21H31Cl2N3O. The van der Waals surface area contributed by atoms with Gasteiger partial charge in [-0.3, -0.25) is 9.69 Å². The zero-order valence-electron chi connectivity index (χ0n) is 16.2. The van der Waals surface area contributed by atoms with Crippen molar-refractivity contribution < 1.29 is 4.79 Å². The number of hydrogen-bond donors (Lipinski definition) is 2. The van der Waals surface area contributed by atoms with Gasteiger partial charge in [-0.15, -0.1) is 24.8 Å². The van der Waals surface area contributed by atoms with E-state index in [0.717, 1.165) is 24.2 Å². The van der Waals surface area contributed by atoms with E-state index in [9.17, 15) is 4.79 Å². The first kappa shape index (κ1) is 25.4. The van der Waals surface area contributed by atoms with Crippen LogP contribution < -0.4 is 11.1 Å². The van der Waals surface area contributed by atoms with E-state index in [1.807, 2.05) is 49.4 Å². The summed E-state index contributed by atoms with van der Waals surface area (Å²) in [6, 6.07) is 17.6. The number of halogens is 2. The SMILES string of the molecule is CCN(CC)C(CNC(=O)C(N)c1ccc(C)cc1)c1ccccc1.Cl.Cl. The zero-order valence-corrected chi connectivity index (χ0v) is 17.9. The van der Waals surface area contributed by atoms with E-state index < -0.39 is 6.04 Å². The Morgan fingerprint density at radius 2 is 1.52 bits per heavy atom. The second-order valence-corrected chi connectivity index (χ2v) is 6.28. The summed E-state index contributed by atoms with van der Waals surface area (Å²) in [4.78, 5) is 14.8. The fourth-order valence-corrected chi connectivity index (χ4v) is 3.03. The van der Waals surface area contributed by atoms with Gasteiger partial charge in [-0.05, 0) is 31.1 Å². The molecule has 1 amide bonds. The standard InChI is InChI=1S/C21H29N3O.2ClH/c1-4-24(5-2)19(17-9-7-6-8-10-17)15-23-21(25)20(22)18-13-11-16(3)12-14-18;;/h6-14,19-20H,4-5,15,22H2,1-3H3,(H,23,25);2*1H. The lowest BCUT2D eigenvalue weighted by atomic mass is 10.0. The summed E-state index contributed by atoms with van der Waals surface area (Å²) in [6.07, 6.45) is 0. The number of aryl methyl sites for hydroxylation is 1. The molecule has 0 spiro atoms. The third kappa shape index (κ3) is 7.15. The number of carbonyl (C=O) groups excluding carboxylic acids is 1. The summed E-state index contributed by atoms with van der Waals surface area (Å²) in [5.41, 5.74) is 9.32. The molecule has 4 nitrogen and oxygen atoms in total. The van der Waals surface area contributed by atoms with Crippen LogP contribution in [0.1, 0.15) is 42.6 Å². The van der Waals surface area contributed by atoms with Crippen LogP contribution in [0.3, 0.4) is 0 Å². The monoisotopic (exact) mass is 411 g/mol. The lowest BCUT2D eigenvalue weighted by molar-refractivity contribution is -0.122. The lowest BCUT2D eigenvalue weighted by Crippen LogP contribution is -2.41. The maximum absolute atomic E-state index is 12.5. The highest BCUT2D eigenvalue weighted by Crippen LogP contribution is 2.20. The molecule has 2 aromatic rings. The van der Waals surface area contributed by atoms with Gasteiger partial charge in [0.05, 0.1) is 6.04 Å². The molecule has 2 aromatic carbocycles. The quantitative estimate of drug-likeness (QED) is 0.688. The Morgan fingerprint density at radius 1 is 0.963 bits per heavy atom. The van der Waals surface area contributed by atoms with E-state index in [-0.39, 0.29) is 36.8 Å². The molecule has 0 aliphatic heterocycles. The van der Waals surface area contributed by atoms with Crippen LogP contribution in [0, 0.1) is 6.92 Å². The number of benzene rings is 2. The minimum Gasteiger partial charge on any atom is -0.353 e. The summed E-state index contributed by atoms with van der Waals surface area (Å²) in [7, 11) is 0. The van der Waals surface area contributed by atoms with Gasteiger partial charge in [-0.2, -0.15) is 0 Å². The predicted octanol–water partition coefficient (Wildman–Crippen LogP) is 4.04. The number of nitrogens with two attached hydrogens (primary N) is 1. The molecule has 0 saturated heterocycles. The molecule has 0 aliphatic carbocycles. The van der Waals surface area contributed by atoms with Crippen LogP contribution in [0.2, 0.25) is 0 Å². The fraction of sp³-hybridized carbons (Fsp3) is 0.381. The minimum absolute atomic E-state index is 0. The number of nitrogens with one attached hydrogen (secondary N) is 1. The van der Waals surface area contributed by atoms with E-state index in [2.05, 4.69) is 36.2 Å². The normalized spacial score (nSPS) is 12.5. The number of hydrogen-bond acceptors (Lipinski definition) is 3. The van der Waals surface area contributed by atoms with E-state index in [4.69, 9.17) is 5.73 Å². The summed E-state index contributed by atoms with van der Waals surface area (Å²) < 4.78 is 0. The van der Waals surface area contributed by atoms with Gasteiger partial charge in [0, 0.05) is 6.54 Å². The molecule has 0 saturated carbocycles. The third-order valence-electron chi connectivity index (χ3n) is 4.63. The van der Waals surface area contributed by atoms with Crippen molar-refractivity contribution in [1.82, 2.24) is 10.2 Å². The molecule has 0 heterocycles. The predicted molar refractivity (Wildman–Crippen MR) is 118 cm³/mol. The molecule has 0 bridgehead atoms. The molecule has 6 heteroatoms. The molecule has 150 valence electrons. The number of nitrogens with zero attached hydrogens (tertiary/aromatic N) is 1. The van der Waals surface area contributed by atoms with Crippen LogP contribution in [-0.4, -0.2) is 30.4 Å². The Labute approximate surface area is 175 Å². The lowest BCUT2D eigenvalue weighted by Gasteiger charge is -2.30. The molecule has 0 fully saturated rings. The molecule has 0 radical (unpaired) electrons. The average Bonchev–Trinajstić information content (AvgIpc) is 2.65. The van der Waals surface area contributed by atoms with Crippen molar-refractivity contribution in [2.45, 2.75) is 32.9 Å². The van der Waals surface area contributed by atoms with Crippen molar-refractivity contribution in [3.05, 3.63) is 71.3 Å². The molecule has 2 atom stereocenters. The van der Waals surface area contributed by atoms with E-state index in [0.29, 0.717) is 6.54 Å². The Hall–Kier alpha value is -1.59. The third-order valence-corrected chi connectivity index (χ3v) is 4.63. The largest absolute Gasteiger partial charge is 0.353 e. The van der Waals surface area contributed by atoms with Crippen molar-refractivity contribution in [3.63, 3.8) is 0 Å². The van der Waals surface area contributed by atoms with Gasteiger partial charge in [-0.25, -0.2) is 0 Å². The average molecular weight is 412 g/mol. The van der Waals surface area contributed by atoms with Gasteiger partial charge in [-0.1, -0.05) is 74.0 Å². The van der Waals surface area contributed by atoms with E-state index >= 15 is 0 Å². The van der Waals surface area contributed by atoms with Gasteiger partial charge < -0.3 is 11.1 Å². The maximum atomic E-state index is 12.5. The maximum Gasteiger partial charge on any atom is 0.241 e. The minimum atomic E-state index is -0.645. The van der Waals surface area contributed by atoms with Gasteiger partial charge >= 0.3 is 0 Å². The number of likely N-dealkylation sites (N-methyl/N-ethyl adjacent to an activating group) is 1. The van der Waals surface area contributed by atoms with Crippen molar-refractivity contribution >= 4 is 30.7 Å². The van der Waals surface area contributed by atoms with Gasteiger partial charge in [0.1, 0.15) is 6.04 Å². The molecule has 2 unspecified atom stereocenters. The first-order chi connectivity index (χ1) is 12.1. The highest BCUT2D eigenvalue weighted by molar-refractivity contribution is 5.85. The molecular weight excluding hydrogens is 381 g/mol. The molecule has 3 N–H and O–H groups in total. The van der Waals surface area contributed by atoms with Crippen LogP contribution in [0.4, 0.5) is 0 Å². The Bertz CT molecular complexity index is 661. The molecule has 0 aliphatic rings. The number of rotatable bonds is 8. The second kappa shape index (κ2) is 12.7. The van der Waals surface area contributed by atoms with Crippen molar-refractivity contribution in [2.24, 2.45) is 5.73 Å². The smallest absolute Gasteiger partial charge is 0.241 e. The molecule has 2 rings (SSSR count). The zero-order chi connectivity index (χ0) is 18.2. The molecule has 27 heavy (non-hydrogen) atoms. The number of carbonyl (C=O) groups is 1. The second-order valence-electron chi connectivity index (χ2n) is 6.28. The first-order valence-corrected chi connectivity index (χ1v) is 8.95. The van der Waals surface area contributed by atoms with Crippen LogP contribution in [0.25, 0.3) is 0 Å². The fourth-order valence-electron chi connectivity index (χ4n) is 3.03.